The topological polar surface area (TPSA) is 19.4 Å². The Morgan fingerprint density at radius 1 is 1.43 bits per heavy atom. The highest BCUT2D eigenvalue weighted by Crippen LogP contribution is 2.29. The minimum Gasteiger partial charge on any atom is -0.367 e. The van der Waals surface area contributed by atoms with Gasteiger partial charge in [-0.05, 0) is 51.4 Å². The molecule has 1 saturated heterocycles. The van der Waals surface area contributed by atoms with Gasteiger partial charge >= 0.3 is 0 Å². The maximum atomic E-state index is 14.9. The third-order valence-corrected chi connectivity index (χ3v) is 4.38. The van der Waals surface area contributed by atoms with Crippen molar-refractivity contribution in [1.82, 2.24) is 9.88 Å². The Hall–Kier alpha value is -1.16. The van der Waals surface area contributed by atoms with Crippen LogP contribution in [0.25, 0.3) is 0 Å². The third-order valence-electron chi connectivity index (χ3n) is 4.38. The van der Waals surface area contributed by atoms with E-state index >= 15 is 0 Å². The van der Waals surface area contributed by atoms with E-state index in [1.165, 1.54) is 0 Å². The maximum Gasteiger partial charge on any atom is 0.141 e. The lowest BCUT2D eigenvalue weighted by Gasteiger charge is -2.39. The lowest BCUT2D eigenvalue weighted by atomic mass is 9.94. The third kappa shape index (κ3) is 4.16. The van der Waals surface area contributed by atoms with Crippen molar-refractivity contribution in [2.75, 3.05) is 38.6 Å². The van der Waals surface area contributed by atoms with Crippen LogP contribution in [0, 0.1) is 0 Å². The highest BCUT2D eigenvalue weighted by molar-refractivity contribution is 5.46. The summed E-state index contributed by atoms with van der Waals surface area (Å²) >= 11 is 0. The van der Waals surface area contributed by atoms with E-state index in [0.717, 1.165) is 30.8 Å². The second-order valence-electron chi connectivity index (χ2n) is 6.66. The van der Waals surface area contributed by atoms with E-state index in [0.29, 0.717) is 25.4 Å². The molecule has 0 amide bonds. The van der Waals surface area contributed by atoms with Gasteiger partial charge in [0, 0.05) is 18.8 Å². The van der Waals surface area contributed by atoms with E-state index in [1.54, 1.807) is 0 Å². The highest BCUT2D eigenvalue weighted by Gasteiger charge is 2.36. The molecule has 4 heteroatoms. The standard InChI is InChI=1S/C17H28FN3/c1-5-14(2)16-8-7-15(11-19-16)21-10-6-9-17(18,13-21)12-20(3)4/h7-8,11,14H,5-6,9-10,12-13H2,1-4H3. The van der Waals surface area contributed by atoms with E-state index in [9.17, 15) is 4.39 Å². The fourth-order valence-electron chi connectivity index (χ4n) is 3.09. The molecule has 1 aromatic rings. The molecular weight excluding hydrogens is 265 g/mol. The molecule has 2 atom stereocenters. The van der Waals surface area contributed by atoms with Crippen LogP contribution < -0.4 is 4.90 Å². The molecule has 118 valence electrons. The SMILES string of the molecule is CCC(C)c1ccc(N2CCCC(F)(CN(C)C)C2)cn1. The Bertz CT molecular complexity index is 446. The zero-order chi connectivity index (χ0) is 15.5. The fourth-order valence-corrected chi connectivity index (χ4v) is 3.09. The van der Waals surface area contributed by atoms with Crippen molar-refractivity contribution in [3.05, 3.63) is 24.0 Å². The number of alkyl halides is 1. The summed E-state index contributed by atoms with van der Waals surface area (Å²) in [7, 11) is 3.87. The van der Waals surface area contributed by atoms with Gasteiger partial charge in [0.15, 0.2) is 0 Å². The van der Waals surface area contributed by atoms with Gasteiger partial charge in [-0.15, -0.1) is 0 Å². The summed E-state index contributed by atoms with van der Waals surface area (Å²) in [6.07, 6.45) is 4.55. The molecule has 2 heterocycles. The summed E-state index contributed by atoms with van der Waals surface area (Å²) in [5, 5.41) is 0. The molecule has 2 unspecified atom stereocenters. The van der Waals surface area contributed by atoms with Gasteiger partial charge in [-0.2, -0.15) is 0 Å². The van der Waals surface area contributed by atoms with Gasteiger partial charge in [0.2, 0.25) is 0 Å². The van der Waals surface area contributed by atoms with Crippen molar-refractivity contribution in [3.8, 4) is 0 Å². The van der Waals surface area contributed by atoms with Gasteiger partial charge in [0.1, 0.15) is 5.67 Å². The van der Waals surface area contributed by atoms with E-state index < -0.39 is 5.67 Å². The first-order chi connectivity index (χ1) is 9.93. The molecule has 0 N–H and O–H groups in total. The van der Waals surface area contributed by atoms with Crippen LogP contribution >= 0.6 is 0 Å². The smallest absolute Gasteiger partial charge is 0.141 e. The van der Waals surface area contributed by atoms with Crippen molar-refractivity contribution < 1.29 is 4.39 Å². The van der Waals surface area contributed by atoms with Crippen molar-refractivity contribution in [2.45, 2.75) is 44.7 Å². The summed E-state index contributed by atoms with van der Waals surface area (Å²) in [5.74, 6) is 0.481. The first-order valence-electron chi connectivity index (χ1n) is 7.98. The van der Waals surface area contributed by atoms with E-state index in [1.807, 2.05) is 25.2 Å². The predicted molar refractivity (Wildman–Crippen MR) is 86.8 cm³/mol. The van der Waals surface area contributed by atoms with Crippen molar-refractivity contribution in [2.24, 2.45) is 0 Å². The number of hydrogen-bond donors (Lipinski definition) is 0. The molecular formula is C17H28FN3. The van der Waals surface area contributed by atoms with Gasteiger partial charge in [0.05, 0.1) is 18.4 Å². The van der Waals surface area contributed by atoms with E-state index in [-0.39, 0.29) is 0 Å². The quantitative estimate of drug-likeness (QED) is 0.828. The highest BCUT2D eigenvalue weighted by atomic mass is 19.1. The molecule has 0 aliphatic carbocycles. The number of rotatable bonds is 5. The Labute approximate surface area is 128 Å². The molecule has 0 saturated carbocycles. The van der Waals surface area contributed by atoms with Crippen molar-refractivity contribution in [3.63, 3.8) is 0 Å². The van der Waals surface area contributed by atoms with Gasteiger partial charge in [0.25, 0.3) is 0 Å². The molecule has 1 aromatic heterocycles. The number of anilines is 1. The largest absolute Gasteiger partial charge is 0.367 e. The molecule has 1 aliphatic rings. The molecule has 21 heavy (non-hydrogen) atoms. The molecule has 0 spiro atoms. The predicted octanol–water partition coefficient (Wildman–Crippen LogP) is 3.47. The van der Waals surface area contributed by atoms with E-state index in [2.05, 4.69) is 35.9 Å². The molecule has 3 nitrogen and oxygen atoms in total. The second-order valence-corrected chi connectivity index (χ2v) is 6.66. The normalized spacial score (nSPS) is 24.4. The lowest BCUT2D eigenvalue weighted by molar-refractivity contribution is 0.0977. The monoisotopic (exact) mass is 293 g/mol. The zero-order valence-electron chi connectivity index (χ0n) is 13.8. The van der Waals surface area contributed by atoms with Crippen LogP contribution in [-0.4, -0.2) is 49.3 Å². The molecule has 0 bridgehead atoms. The van der Waals surface area contributed by atoms with Gasteiger partial charge in [-0.1, -0.05) is 13.8 Å². The Morgan fingerprint density at radius 2 is 2.19 bits per heavy atom. The summed E-state index contributed by atoms with van der Waals surface area (Å²) in [6.45, 7) is 6.23. The second kappa shape index (κ2) is 6.73. The summed E-state index contributed by atoms with van der Waals surface area (Å²) in [6, 6.07) is 4.18. The number of nitrogens with zero attached hydrogens (tertiary/aromatic N) is 3. The van der Waals surface area contributed by atoms with Gasteiger partial charge in [-0.25, -0.2) is 4.39 Å². The van der Waals surface area contributed by atoms with Crippen LogP contribution in [0.4, 0.5) is 10.1 Å². The van der Waals surface area contributed by atoms with Gasteiger partial charge < -0.3 is 9.80 Å². The Kier molecular flexibility index (Phi) is 5.20. The van der Waals surface area contributed by atoms with Crippen LogP contribution in [-0.2, 0) is 0 Å². The van der Waals surface area contributed by atoms with Crippen molar-refractivity contribution >= 4 is 5.69 Å². The molecule has 0 radical (unpaired) electrons. The first-order valence-corrected chi connectivity index (χ1v) is 7.98. The first kappa shape index (κ1) is 16.2. The molecule has 1 aliphatic heterocycles. The molecule has 2 rings (SSSR count). The van der Waals surface area contributed by atoms with Crippen LogP contribution in [0.5, 0.6) is 0 Å². The van der Waals surface area contributed by atoms with Crippen LogP contribution in [0.15, 0.2) is 18.3 Å². The van der Waals surface area contributed by atoms with Crippen LogP contribution in [0.2, 0.25) is 0 Å². The summed E-state index contributed by atoms with van der Waals surface area (Å²) < 4.78 is 14.9. The van der Waals surface area contributed by atoms with E-state index in [4.69, 9.17) is 0 Å². The summed E-state index contributed by atoms with van der Waals surface area (Å²) in [5.41, 5.74) is 1.05. The van der Waals surface area contributed by atoms with Crippen LogP contribution in [0.3, 0.4) is 0 Å². The number of pyridine rings is 1. The average Bonchev–Trinajstić information content (AvgIpc) is 2.45. The zero-order valence-corrected chi connectivity index (χ0v) is 13.8. The van der Waals surface area contributed by atoms with Crippen molar-refractivity contribution in [1.29, 1.82) is 0 Å². The Balaban J connectivity index is 2.07. The summed E-state index contributed by atoms with van der Waals surface area (Å²) in [4.78, 5) is 8.64. The van der Waals surface area contributed by atoms with Crippen LogP contribution in [0.1, 0.15) is 44.7 Å². The maximum absolute atomic E-state index is 14.9. The fraction of sp³-hybridized carbons (Fsp3) is 0.706. The number of aromatic nitrogens is 1. The minimum absolute atomic E-state index is 0.468. The molecule has 0 aromatic carbocycles. The lowest BCUT2D eigenvalue weighted by Crippen LogP contribution is -2.50. The Morgan fingerprint density at radius 3 is 2.76 bits per heavy atom. The number of piperidine rings is 1. The van der Waals surface area contributed by atoms with Gasteiger partial charge in [-0.3, -0.25) is 4.98 Å². The molecule has 1 fully saturated rings. The number of halogens is 1. The average molecular weight is 293 g/mol. The number of hydrogen-bond acceptors (Lipinski definition) is 3. The minimum atomic E-state index is -1.11.